The number of thiophene rings is 1. The smallest absolute Gasteiger partial charge is 0.135 e. The van der Waals surface area contributed by atoms with Crippen LogP contribution in [-0.2, 0) is 0 Å². The standard InChI is InChI=1S/C26H25N5S/c1-6-9-19(24-13-10-16(4)32-24)20-14-23(28-17(20)5)26-25-22(30-31-26)12-11-21(29-25)18(7-2)15-27-8-3/h6-15,28H,1,3H2,2,4-5H3,(H,30,31)/b18-7+,19-9+,27-15?. The molecule has 0 fully saturated rings. The number of aryl methyl sites for hydroxylation is 2. The molecule has 5 nitrogen and oxygen atoms in total. The van der Waals surface area contributed by atoms with Crippen LogP contribution in [0.1, 0.15) is 33.6 Å². The number of H-pyrrole nitrogens is 2. The van der Waals surface area contributed by atoms with Crippen LogP contribution < -0.4 is 0 Å². The van der Waals surface area contributed by atoms with Gasteiger partial charge in [0.05, 0.1) is 16.9 Å². The molecule has 0 unspecified atom stereocenters. The Morgan fingerprint density at radius 1 is 1.16 bits per heavy atom. The third-order valence-corrected chi connectivity index (χ3v) is 6.22. The zero-order valence-electron chi connectivity index (χ0n) is 18.4. The molecule has 2 N–H and O–H groups in total. The minimum absolute atomic E-state index is 0.785. The number of hydrogen-bond acceptors (Lipinski definition) is 4. The molecule has 160 valence electrons. The lowest BCUT2D eigenvalue weighted by Crippen LogP contribution is -1.91. The van der Waals surface area contributed by atoms with Crippen LogP contribution >= 0.6 is 11.3 Å². The van der Waals surface area contributed by atoms with Crippen LogP contribution in [0, 0.1) is 13.8 Å². The van der Waals surface area contributed by atoms with Crippen molar-refractivity contribution in [2.45, 2.75) is 20.8 Å². The lowest BCUT2D eigenvalue weighted by atomic mass is 10.0. The highest BCUT2D eigenvalue weighted by molar-refractivity contribution is 7.13. The fourth-order valence-corrected chi connectivity index (χ4v) is 4.54. The Morgan fingerprint density at radius 2 is 2.00 bits per heavy atom. The van der Waals surface area contributed by atoms with E-state index in [2.05, 4.69) is 71.5 Å². The summed E-state index contributed by atoms with van der Waals surface area (Å²) in [7, 11) is 0. The van der Waals surface area contributed by atoms with Crippen molar-refractivity contribution in [1.29, 1.82) is 0 Å². The minimum atomic E-state index is 0.785. The summed E-state index contributed by atoms with van der Waals surface area (Å²) in [6.45, 7) is 13.7. The number of nitrogens with zero attached hydrogens (tertiary/aromatic N) is 3. The molecule has 6 heteroatoms. The maximum absolute atomic E-state index is 4.88. The molecule has 0 amide bonds. The molecule has 4 aromatic rings. The fraction of sp³-hybridized carbons (Fsp3) is 0.115. The third-order valence-electron chi connectivity index (χ3n) is 5.18. The number of aliphatic imine (C=N–C) groups is 1. The maximum atomic E-state index is 4.88. The first-order valence-corrected chi connectivity index (χ1v) is 11.1. The fourth-order valence-electron chi connectivity index (χ4n) is 3.64. The maximum Gasteiger partial charge on any atom is 0.135 e. The Labute approximate surface area is 191 Å². The average Bonchev–Trinajstić information content (AvgIpc) is 3.50. The van der Waals surface area contributed by atoms with E-state index in [1.807, 2.05) is 31.2 Å². The second-order valence-electron chi connectivity index (χ2n) is 7.32. The molecule has 4 rings (SSSR count). The second kappa shape index (κ2) is 9.16. The highest BCUT2D eigenvalue weighted by atomic mass is 32.1. The van der Waals surface area contributed by atoms with E-state index in [1.165, 1.54) is 16.0 Å². The van der Waals surface area contributed by atoms with Crippen LogP contribution in [0.5, 0.6) is 0 Å². The van der Waals surface area contributed by atoms with Gasteiger partial charge < -0.3 is 4.98 Å². The van der Waals surface area contributed by atoms with E-state index in [0.717, 1.165) is 50.5 Å². The molecule has 4 aromatic heterocycles. The van der Waals surface area contributed by atoms with Crippen LogP contribution in [0.25, 0.3) is 33.6 Å². The van der Waals surface area contributed by atoms with Crippen LogP contribution in [0.4, 0.5) is 0 Å². The first kappa shape index (κ1) is 21.5. The lowest BCUT2D eigenvalue weighted by Gasteiger charge is -2.03. The van der Waals surface area contributed by atoms with Crippen LogP contribution in [0.2, 0.25) is 0 Å². The predicted octanol–water partition coefficient (Wildman–Crippen LogP) is 6.87. The number of rotatable bonds is 7. The van der Waals surface area contributed by atoms with Crippen molar-refractivity contribution in [3.8, 4) is 11.4 Å². The average molecular weight is 440 g/mol. The zero-order valence-corrected chi connectivity index (χ0v) is 19.3. The minimum Gasteiger partial charge on any atom is -0.357 e. The Morgan fingerprint density at radius 3 is 2.69 bits per heavy atom. The van der Waals surface area contributed by atoms with Crippen molar-refractivity contribution in [3.05, 3.63) is 94.6 Å². The first-order chi connectivity index (χ1) is 15.5. The molecule has 0 saturated carbocycles. The molecule has 0 spiro atoms. The van der Waals surface area contributed by atoms with E-state index >= 15 is 0 Å². The van der Waals surface area contributed by atoms with Gasteiger partial charge in [-0.3, -0.25) is 10.1 Å². The molecule has 0 aromatic carbocycles. The number of fused-ring (bicyclic) bond motifs is 1. The van der Waals surface area contributed by atoms with E-state index in [0.29, 0.717) is 0 Å². The Kier molecular flexibility index (Phi) is 6.14. The Balaban J connectivity index is 1.81. The van der Waals surface area contributed by atoms with Crippen LogP contribution in [0.15, 0.2) is 72.9 Å². The van der Waals surface area contributed by atoms with Gasteiger partial charge in [0.2, 0.25) is 0 Å². The summed E-state index contributed by atoms with van der Waals surface area (Å²) < 4.78 is 0. The van der Waals surface area contributed by atoms with Gasteiger partial charge in [-0.25, -0.2) is 4.98 Å². The normalized spacial score (nSPS) is 12.7. The number of allylic oxidation sites excluding steroid dienone is 4. The molecule has 32 heavy (non-hydrogen) atoms. The molecule has 4 heterocycles. The van der Waals surface area contributed by atoms with E-state index in [1.54, 1.807) is 17.6 Å². The summed E-state index contributed by atoms with van der Waals surface area (Å²) >= 11 is 1.77. The Bertz CT molecular complexity index is 1390. The van der Waals surface area contributed by atoms with E-state index in [4.69, 9.17) is 4.98 Å². The summed E-state index contributed by atoms with van der Waals surface area (Å²) in [6.07, 6.45) is 9.14. The van der Waals surface area contributed by atoms with Gasteiger partial charge in [-0.15, -0.1) is 11.3 Å². The Hall–Kier alpha value is -3.77. The van der Waals surface area contributed by atoms with Crippen molar-refractivity contribution in [2.24, 2.45) is 4.99 Å². The first-order valence-electron chi connectivity index (χ1n) is 10.3. The van der Waals surface area contributed by atoms with E-state index in [-0.39, 0.29) is 0 Å². The quantitative estimate of drug-likeness (QED) is 0.244. The second-order valence-corrected chi connectivity index (χ2v) is 8.61. The van der Waals surface area contributed by atoms with Crippen molar-refractivity contribution in [2.75, 3.05) is 0 Å². The van der Waals surface area contributed by atoms with Gasteiger partial charge in [-0.2, -0.15) is 5.10 Å². The van der Waals surface area contributed by atoms with Gasteiger partial charge in [-0.05, 0) is 51.1 Å². The van der Waals surface area contributed by atoms with E-state index in [9.17, 15) is 0 Å². The topological polar surface area (TPSA) is 69.7 Å². The van der Waals surface area contributed by atoms with Crippen molar-refractivity contribution >= 4 is 39.7 Å². The molecule has 0 aliphatic rings. The van der Waals surface area contributed by atoms with Gasteiger partial charge in [0, 0.05) is 44.6 Å². The summed E-state index contributed by atoms with van der Waals surface area (Å²) in [5, 5.41) is 7.67. The molecule has 0 radical (unpaired) electrons. The summed E-state index contributed by atoms with van der Waals surface area (Å²) in [4.78, 5) is 15.0. The summed E-state index contributed by atoms with van der Waals surface area (Å²) in [5.41, 5.74) is 8.48. The monoisotopic (exact) mass is 439 g/mol. The largest absolute Gasteiger partial charge is 0.357 e. The molecule has 0 bridgehead atoms. The van der Waals surface area contributed by atoms with Gasteiger partial charge in [0.1, 0.15) is 11.2 Å². The highest BCUT2D eigenvalue weighted by Gasteiger charge is 2.18. The van der Waals surface area contributed by atoms with Crippen LogP contribution in [0.3, 0.4) is 0 Å². The van der Waals surface area contributed by atoms with Gasteiger partial charge in [0.25, 0.3) is 0 Å². The van der Waals surface area contributed by atoms with Gasteiger partial charge >= 0.3 is 0 Å². The van der Waals surface area contributed by atoms with Crippen molar-refractivity contribution < 1.29 is 0 Å². The number of nitrogens with one attached hydrogen (secondary N) is 2. The van der Waals surface area contributed by atoms with Crippen molar-refractivity contribution in [1.82, 2.24) is 20.2 Å². The molecule has 0 saturated heterocycles. The van der Waals surface area contributed by atoms with Crippen LogP contribution in [-0.4, -0.2) is 26.4 Å². The molecule has 0 atom stereocenters. The highest BCUT2D eigenvalue weighted by Crippen LogP contribution is 2.35. The van der Waals surface area contributed by atoms with Gasteiger partial charge in [0.15, 0.2) is 0 Å². The third kappa shape index (κ3) is 4.05. The molecule has 0 aliphatic heterocycles. The molecular weight excluding hydrogens is 414 g/mol. The number of pyridine rings is 1. The summed E-state index contributed by atoms with van der Waals surface area (Å²) in [6, 6.07) is 10.4. The lowest BCUT2D eigenvalue weighted by molar-refractivity contribution is 1.11. The number of hydrogen-bond donors (Lipinski definition) is 2. The number of aromatic nitrogens is 4. The zero-order chi connectivity index (χ0) is 22.7. The SMILES string of the molecule is C=C/C=C(/c1ccc(C)s1)c1cc(-c2n[nH]c3ccc(/C(C=NC=C)=C/C)nc23)[nH]c1C. The summed E-state index contributed by atoms with van der Waals surface area (Å²) in [5.74, 6) is 0. The van der Waals surface area contributed by atoms with Crippen molar-refractivity contribution in [3.63, 3.8) is 0 Å². The van der Waals surface area contributed by atoms with E-state index < -0.39 is 0 Å². The molecule has 0 aliphatic carbocycles. The number of aromatic amines is 2. The predicted molar refractivity (Wildman–Crippen MR) is 137 cm³/mol. The molecular formula is C26H25N5S. The van der Waals surface area contributed by atoms with Gasteiger partial charge in [-0.1, -0.05) is 31.4 Å².